The molecule has 0 radical (unpaired) electrons. The number of nitrogens with zero attached hydrogens (tertiary/aromatic N) is 2. The van der Waals surface area contributed by atoms with Gasteiger partial charge in [0.1, 0.15) is 11.3 Å². The molecular weight excluding hydrogens is 396 g/mol. The minimum atomic E-state index is -0.669. The van der Waals surface area contributed by atoms with Gasteiger partial charge in [-0.15, -0.1) is 0 Å². The van der Waals surface area contributed by atoms with E-state index in [1.165, 1.54) is 10.6 Å². The van der Waals surface area contributed by atoms with Crippen LogP contribution in [0.5, 0.6) is 5.75 Å². The van der Waals surface area contributed by atoms with Crippen LogP contribution in [0.25, 0.3) is 0 Å². The van der Waals surface area contributed by atoms with Gasteiger partial charge in [0, 0.05) is 37.8 Å². The topological polar surface area (TPSA) is 91.0 Å². The summed E-state index contributed by atoms with van der Waals surface area (Å²) in [6.07, 6.45) is 6.00. The van der Waals surface area contributed by atoms with E-state index in [9.17, 15) is 14.4 Å². The van der Waals surface area contributed by atoms with Crippen LogP contribution in [0.4, 0.5) is 10.5 Å². The summed E-state index contributed by atoms with van der Waals surface area (Å²) < 4.78 is 5.21. The summed E-state index contributed by atoms with van der Waals surface area (Å²) in [5.74, 6) is 0.726. The highest BCUT2D eigenvalue weighted by Crippen LogP contribution is 2.35. The molecule has 3 aliphatic rings. The Morgan fingerprint density at radius 2 is 1.84 bits per heavy atom. The number of imide groups is 1. The van der Waals surface area contributed by atoms with Gasteiger partial charge < -0.3 is 20.3 Å². The second-order valence-electron chi connectivity index (χ2n) is 8.81. The van der Waals surface area contributed by atoms with Crippen molar-refractivity contribution in [2.24, 2.45) is 0 Å². The lowest BCUT2D eigenvalue weighted by Gasteiger charge is -2.34. The molecule has 8 nitrogen and oxygen atoms in total. The molecule has 1 saturated carbocycles. The third-order valence-corrected chi connectivity index (χ3v) is 6.79. The van der Waals surface area contributed by atoms with Gasteiger partial charge in [-0.05, 0) is 56.4 Å². The fraction of sp³-hybridized carbons (Fsp3) is 0.609. The predicted octanol–water partition coefficient (Wildman–Crippen LogP) is 2.42. The first-order valence-corrected chi connectivity index (χ1v) is 11.3. The van der Waals surface area contributed by atoms with E-state index in [-0.39, 0.29) is 23.9 Å². The first-order valence-electron chi connectivity index (χ1n) is 11.3. The molecule has 168 valence electrons. The van der Waals surface area contributed by atoms with Gasteiger partial charge in [0.2, 0.25) is 5.91 Å². The smallest absolute Gasteiger partial charge is 0.325 e. The minimum Gasteiger partial charge on any atom is -0.497 e. The SMILES string of the molecule is COc1ccc(N2CCC(NC(=O)CCCN3C(=O)NC4(CCCC4)C3=O)CC2)cc1. The minimum absolute atomic E-state index is 0.00877. The van der Waals surface area contributed by atoms with Crippen LogP contribution in [-0.2, 0) is 9.59 Å². The molecule has 2 heterocycles. The molecule has 1 aromatic carbocycles. The Balaban J connectivity index is 1.17. The molecule has 1 spiro atoms. The van der Waals surface area contributed by atoms with Gasteiger partial charge in [-0.3, -0.25) is 14.5 Å². The summed E-state index contributed by atoms with van der Waals surface area (Å²) in [7, 11) is 1.66. The summed E-state index contributed by atoms with van der Waals surface area (Å²) in [5.41, 5.74) is 0.496. The lowest BCUT2D eigenvalue weighted by Crippen LogP contribution is -2.45. The second kappa shape index (κ2) is 9.16. The zero-order valence-electron chi connectivity index (χ0n) is 18.2. The average Bonchev–Trinajstić information content (AvgIpc) is 3.34. The Morgan fingerprint density at radius 1 is 1.16 bits per heavy atom. The molecule has 0 atom stereocenters. The summed E-state index contributed by atoms with van der Waals surface area (Å²) in [6, 6.07) is 7.90. The number of anilines is 1. The van der Waals surface area contributed by atoms with Crippen molar-refractivity contribution >= 4 is 23.5 Å². The highest BCUT2D eigenvalue weighted by atomic mass is 16.5. The van der Waals surface area contributed by atoms with E-state index < -0.39 is 5.54 Å². The van der Waals surface area contributed by atoms with Crippen LogP contribution in [0.15, 0.2) is 24.3 Å². The van der Waals surface area contributed by atoms with Crippen molar-refractivity contribution in [1.82, 2.24) is 15.5 Å². The van der Waals surface area contributed by atoms with Crippen molar-refractivity contribution in [2.45, 2.75) is 62.9 Å². The zero-order valence-corrected chi connectivity index (χ0v) is 18.2. The molecule has 0 bridgehead atoms. The van der Waals surface area contributed by atoms with Gasteiger partial charge >= 0.3 is 6.03 Å². The number of hydrogen-bond acceptors (Lipinski definition) is 5. The number of carbonyl (C=O) groups excluding carboxylic acids is 3. The Kier molecular flexibility index (Phi) is 6.34. The molecule has 1 aromatic rings. The largest absolute Gasteiger partial charge is 0.497 e. The number of rotatable bonds is 7. The number of ether oxygens (including phenoxy) is 1. The zero-order chi connectivity index (χ0) is 21.8. The van der Waals surface area contributed by atoms with Crippen LogP contribution in [-0.4, -0.2) is 61.1 Å². The molecule has 4 amide bonds. The number of piperidine rings is 1. The van der Waals surface area contributed by atoms with Crippen molar-refractivity contribution in [3.8, 4) is 5.75 Å². The number of hydrogen-bond donors (Lipinski definition) is 2. The fourth-order valence-corrected chi connectivity index (χ4v) is 4.97. The average molecular weight is 429 g/mol. The summed E-state index contributed by atoms with van der Waals surface area (Å²) >= 11 is 0. The number of benzene rings is 1. The summed E-state index contributed by atoms with van der Waals surface area (Å²) in [5, 5.41) is 6.00. The number of amides is 4. The van der Waals surface area contributed by atoms with E-state index >= 15 is 0 Å². The maximum absolute atomic E-state index is 12.6. The van der Waals surface area contributed by atoms with Crippen LogP contribution in [0.2, 0.25) is 0 Å². The molecule has 2 saturated heterocycles. The van der Waals surface area contributed by atoms with Gasteiger partial charge in [0.05, 0.1) is 7.11 Å². The molecular formula is C23H32N4O4. The summed E-state index contributed by atoms with van der Waals surface area (Å²) in [4.78, 5) is 40.8. The molecule has 4 rings (SSSR count). The fourth-order valence-electron chi connectivity index (χ4n) is 4.97. The van der Waals surface area contributed by atoms with Crippen molar-refractivity contribution in [3.63, 3.8) is 0 Å². The first kappa shape index (κ1) is 21.5. The lowest BCUT2D eigenvalue weighted by atomic mass is 9.98. The Bertz CT molecular complexity index is 811. The maximum Gasteiger partial charge on any atom is 0.325 e. The molecule has 3 fully saturated rings. The molecule has 2 aliphatic heterocycles. The van der Waals surface area contributed by atoms with Crippen LogP contribution < -0.4 is 20.3 Å². The highest BCUT2D eigenvalue weighted by molar-refractivity contribution is 6.07. The predicted molar refractivity (Wildman–Crippen MR) is 117 cm³/mol. The number of urea groups is 1. The Hall–Kier alpha value is -2.77. The molecule has 1 aliphatic carbocycles. The van der Waals surface area contributed by atoms with Crippen molar-refractivity contribution < 1.29 is 19.1 Å². The van der Waals surface area contributed by atoms with Gasteiger partial charge in [0.15, 0.2) is 0 Å². The van der Waals surface area contributed by atoms with Crippen LogP contribution in [0.1, 0.15) is 51.4 Å². The molecule has 8 heteroatoms. The van der Waals surface area contributed by atoms with Gasteiger partial charge in [-0.2, -0.15) is 0 Å². The standard InChI is InChI=1S/C23H32N4O4/c1-31-19-8-6-18(7-9-19)26-15-10-17(11-16-26)24-20(28)5-4-14-27-21(29)23(25-22(27)30)12-2-3-13-23/h6-9,17H,2-5,10-16H2,1H3,(H,24,28)(H,25,30). The quantitative estimate of drug-likeness (QED) is 0.651. The van der Waals surface area contributed by atoms with E-state index in [1.54, 1.807) is 7.11 Å². The van der Waals surface area contributed by atoms with E-state index in [2.05, 4.69) is 27.7 Å². The number of carbonyl (C=O) groups is 3. The molecule has 0 aromatic heterocycles. The molecule has 0 unspecified atom stereocenters. The third-order valence-electron chi connectivity index (χ3n) is 6.79. The number of methoxy groups -OCH3 is 1. The number of nitrogens with one attached hydrogen (secondary N) is 2. The second-order valence-corrected chi connectivity index (χ2v) is 8.81. The molecule has 2 N–H and O–H groups in total. The van der Waals surface area contributed by atoms with E-state index in [1.807, 2.05) is 12.1 Å². The van der Waals surface area contributed by atoms with Crippen molar-refractivity contribution in [2.75, 3.05) is 31.6 Å². The maximum atomic E-state index is 12.6. The van der Waals surface area contributed by atoms with Crippen molar-refractivity contribution in [1.29, 1.82) is 0 Å². The van der Waals surface area contributed by atoms with Crippen LogP contribution >= 0.6 is 0 Å². The van der Waals surface area contributed by atoms with Gasteiger partial charge in [-0.1, -0.05) is 12.8 Å². The van der Waals surface area contributed by atoms with Gasteiger partial charge in [0.25, 0.3) is 5.91 Å². The van der Waals surface area contributed by atoms with Gasteiger partial charge in [-0.25, -0.2) is 4.79 Å². The van der Waals surface area contributed by atoms with E-state index in [0.29, 0.717) is 19.4 Å². The Morgan fingerprint density at radius 3 is 2.48 bits per heavy atom. The van der Waals surface area contributed by atoms with E-state index in [4.69, 9.17) is 4.74 Å². The normalized spacial score (nSPS) is 20.9. The third kappa shape index (κ3) is 4.62. The lowest BCUT2D eigenvalue weighted by molar-refractivity contribution is -0.131. The Labute approximate surface area is 183 Å². The monoisotopic (exact) mass is 428 g/mol. The van der Waals surface area contributed by atoms with Crippen LogP contribution in [0, 0.1) is 0 Å². The van der Waals surface area contributed by atoms with Crippen LogP contribution in [0.3, 0.4) is 0 Å². The first-order chi connectivity index (χ1) is 15.0. The van der Waals surface area contributed by atoms with Crippen molar-refractivity contribution in [3.05, 3.63) is 24.3 Å². The highest BCUT2D eigenvalue weighted by Gasteiger charge is 2.52. The van der Waals surface area contributed by atoms with E-state index in [0.717, 1.165) is 57.4 Å². The molecule has 31 heavy (non-hydrogen) atoms. The summed E-state index contributed by atoms with van der Waals surface area (Å²) in [6.45, 7) is 2.08.